The van der Waals surface area contributed by atoms with Crippen LogP contribution in [0.3, 0.4) is 0 Å². The molecule has 1 N–H and O–H groups in total. The fourth-order valence-electron chi connectivity index (χ4n) is 0.387. The highest BCUT2D eigenvalue weighted by molar-refractivity contribution is 7.60. The fraction of sp³-hybridized carbons (Fsp3) is 1.00. The number of rotatable bonds is 5. The summed E-state index contributed by atoms with van der Waals surface area (Å²) in [5.74, 6) is 0. The van der Waals surface area contributed by atoms with Crippen molar-refractivity contribution in [1.29, 1.82) is 0 Å². The van der Waals surface area contributed by atoms with Crippen LogP contribution in [0.15, 0.2) is 0 Å². The molecule has 0 aliphatic rings. The predicted octanol–water partition coefficient (Wildman–Crippen LogP) is 0.680. The molecule has 0 atom stereocenters. The molecule has 5 heteroatoms. The summed E-state index contributed by atoms with van der Waals surface area (Å²) >= 11 is 0. The molecule has 0 spiro atoms. The Hall–Kier alpha value is 0.270. The molecule has 0 aliphatic carbocycles. The summed E-state index contributed by atoms with van der Waals surface area (Å²) in [6.07, 6.45) is 0. The summed E-state index contributed by atoms with van der Waals surface area (Å²) in [5.41, 5.74) is 0. The lowest BCUT2D eigenvalue weighted by Gasteiger charge is -2.12. The van der Waals surface area contributed by atoms with Gasteiger partial charge in [0.1, 0.15) is 13.3 Å². The van der Waals surface area contributed by atoms with Crippen molar-refractivity contribution in [2.45, 2.75) is 0 Å². The number of hydrogen-bond acceptors (Lipinski definition) is 4. The second-order valence-electron chi connectivity index (χ2n) is 1.69. The maximum Gasteiger partial charge on any atom is 0.407 e. The van der Waals surface area contributed by atoms with Crippen molar-refractivity contribution < 1.29 is 18.7 Å². The highest BCUT2D eigenvalue weighted by Gasteiger charge is 2.34. The highest BCUT2D eigenvalue weighted by Crippen LogP contribution is 2.56. The average molecular weight is 169 g/mol. The Morgan fingerprint density at radius 1 is 1.30 bits per heavy atom. The first-order valence-electron chi connectivity index (χ1n) is 2.92. The molecule has 0 saturated carbocycles. The minimum absolute atomic E-state index is 0.0116. The van der Waals surface area contributed by atoms with E-state index in [1.165, 1.54) is 14.2 Å². The van der Waals surface area contributed by atoms with E-state index < -0.39 is 7.94 Å². The first-order chi connectivity index (χ1) is 4.68. The Balaban J connectivity index is 3.58. The smallest absolute Gasteiger partial charge is 0.394 e. The molecular formula is C5H14O4P+. The summed E-state index contributed by atoms with van der Waals surface area (Å²) in [4.78, 5) is 0. The van der Waals surface area contributed by atoms with Gasteiger partial charge in [-0.05, 0) is 0 Å². The standard InChI is InChI=1S/C5H14O4P/c1-7-10(3,8-2)9-5-4-6/h6H,4-5H2,1-3H3/q+1. The van der Waals surface area contributed by atoms with Gasteiger partial charge in [0, 0.05) is 0 Å². The molecule has 0 radical (unpaired) electrons. The lowest BCUT2D eigenvalue weighted by molar-refractivity contribution is 0.147. The van der Waals surface area contributed by atoms with Gasteiger partial charge in [-0.15, -0.1) is 0 Å². The maximum atomic E-state index is 8.40. The molecule has 0 fully saturated rings. The Bertz CT molecular complexity index is 83.7. The van der Waals surface area contributed by atoms with Crippen LogP contribution in [0, 0.1) is 0 Å². The topological polar surface area (TPSA) is 47.9 Å². The molecule has 0 heterocycles. The first kappa shape index (κ1) is 10.3. The summed E-state index contributed by atoms with van der Waals surface area (Å²) in [6, 6.07) is 0. The Morgan fingerprint density at radius 2 is 1.80 bits per heavy atom. The van der Waals surface area contributed by atoms with Crippen molar-refractivity contribution in [3.05, 3.63) is 0 Å². The van der Waals surface area contributed by atoms with Gasteiger partial charge in [-0.3, -0.25) is 0 Å². The van der Waals surface area contributed by atoms with Gasteiger partial charge in [-0.1, -0.05) is 0 Å². The van der Waals surface area contributed by atoms with Gasteiger partial charge in [-0.2, -0.15) is 13.6 Å². The van der Waals surface area contributed by atoms with Crippen LogP contribution >= 0.6 is 7.94 Å². The minimum atomic E-state index is -2.11. The van der Waals surface area contributed by atoms with Crippen molar-refractivity contribution in [2.75, 3.05) is 34.1 Å². The Morgan fingerprint density at radius 3 is 2.10 bits per heavy atom. The summed E-state index contributed by atoms with van der Waals surface area (Å²) in [6.45, 7) is 1.98. The zero-order valence-corrected chi connectivity index (χ0v) is 7.43. The van der Waals surface area contributed by atoms with Crippen molar-refractivity contribution in [2.24, 2.45) is 0 Å². The van der Waals surface area contributed by atoms with Gasteiger partial charge in [0.2, 0.25) is 0 Å². The van der Waals surface area contributed by atoms with Crippen LogP contribution in [0.1, 0.15) is 0 Å². The molecule has 0 aromatic carbocycles. The third-order valence-electron chi connectivity index (χ3n) is 1.08. The molecule has 10 heavy (non-hydrogen) atoms. The molecule has 0 aromatic rings. The van der Waals surface area contributed by atoms with E-state index in [9.17, 15) is 0 Å². The maximum absolute atomic E-state index is 8.40. The molecule has 0 aliphatic heterocycles. The molecule has 0 aromatic heterocycles. The van der Waals surface area contributed by atoms with Crippen LogP contribution in [-0.4, -0.2) is 39.2 Å². The lowest BCUT2D eigenvalue weighted by atomic mass is 10.8. The predicted molar refractivity (Wildman–Crippen MR) is 39.9 cm³/mol. The third-order valence-corrected chi connectivity index (χ3v) is 3.06. The van der Waals surface area contributed by atoms with E-state index in [-0.39, 0.29) is 13.2 Å². The third kappa shape index (κ3) is 3.44. The first-order valence-corrected chi connectivity index (χ1v) is 4.91. The number of aliphatic hydroxyl groups excluding tert-OH is 1. The SMILES string of the molecule is CO[P+](C)(OC)OCCO. The van der Waals surface area contributed by atoms with E-state index in [0.29, 0.717) is 0 Å². The van der Waals surface area contributed by atoms with Crippen LogP contribution in [0.2, 0.25) is 0 Å². The Kier molecular flexibility index (Phi) is 5.13. The van der Waals surface area contributed by atoms with E-state index in [0.717, 1.165) is 0 Å². The minimum Gasteiger partial charge on any atom is -0.394 e. The number of hydrogen-bond donors (Lipinski definition) is 1. The zero-order valence-electron chi connectivity index (χ0n) is 6.53. The zero-order chi connectivity index (χ0) is 8.04. The number of aliphatic hydroxyl groups is 1. The molecule has 0 bridgehead atoms. The second-order valence-corrected chi connectivity index (χ2v) is 4.22. The lowest BCUT2D eigenvalue weighted by Crippen LogP contribution is -2.04. The van der Waals surface area contributed by atoms with Crippen LogP contribution in [-0.2, 0) is 13.6 Å². The van der Waals surface area contributed by atoms with Crippen molar-refractivity contribution in [3.8, 4) is 0 Å². The van der Waals surface area contributed by atoms with Crippen molar-refractivity contribution >= 4 is 7.94 Å². The van der Waals surface area contributed by atoms with Gasteiger partial charge in [0.25, 0.3) is 0 Å². The monoisotopic (exact) mass is 169 g/mol. The molecule has 62 valence electrons. The molecule has 0 amide bonds. The molecule has 0 unspecified atom stereocenters. The van der Waals surface area contributed by atoms with E-state index in [1.807, 2.05) is 0 Å². The molecule has 4 nitrogen and oxygen atoms in total. The van der Waals surface area contributed by atoms with Gasteiger partial charge in [0.05, 0.1) is 20.8 Å². The average Bonchev–Trinajstić information content (AvgIpc) is 2.00. The van der Waals surface area contributed by atoms with E-state index in [1.54, 1.807) is 6.66 Å². The van der Waals surface area contributed by atoms with E-state index in [2.05, 4.69) is 0 Å². The Labute approximate surface area is 61.7 Å². The van der Waals surface area contributed by atoms with E-state index in [4.69, 9.17) is 18.7 Å². The quantitative estimate of drug-likeness (QED) is 0.615. The van der Waals surface area contributed by atoms with Crippen LogP contribution in [0.25, 0.3) is 0 Å². The molecular weight excluding hydrogens is 155 g/mol. The summed E-state index contributed by atoms with van der Waals surface area (Å²) in [7, 11) is 0.937. The van der Waals surface area contributed by atoms with Crippen molar-refractivity contribution in [1.82, 2.24) is 0 Å². The van der Waals surface area contributed by atoms with Gasteiger partial charge >= 0.3 is 7.94 Å². The van der Waals surface area contributed by atoms with Gasteiger partial charge in [-0.25, -0.2) is 0 Å². The van der Waals surface area contributed by atoms with Crippen LogP contribution in [0.4, 0.5) is 0 Å². The summed E-state index contributed by atoms with van der Waals surface area (Å²) < 4.78 is 15.0. The molecule has 0 saturated heterocycles. The largest absolute Gasteiger partial charge is 0.407 e. The van der Waals surface area contributed by atoms with E-state index >= 15 is 0 Å². The van der Waals surface area contributed by atoms with Crippen LogP contribution in [0.5, 0.6) is 0 Å². The fourth-order valence-corrected chi connectivity index (χ4v) is 1.16. The summed E-state index contributed by atoms with van der Waals surface area (Å²) in [5, 5.41) is 8.40. The molecule has 0 rings (SSSR count). The normalized spacial score (nSPS) is 12.0. The highest BCUT2D eigenvalue weighted by atomic mass is 31.2. The van der Waals surface area contributed by atoms with Crippen molar-refractivity contribution in [3.63, 3.8) is 0 Å². The second kappa shape index (κ2) is 4.99. The van der Waals surface area contributed by atoms with Crippen LogP contribution < -0.4 is 0 Å². The van der Waals surface area contributed by atoms with Gasteiger partial charge in [0.15, 0.2) is 0 Å². The van der Waals surface area contributed by atoms with Gasteiger partial charge < -0.3 is 5.11 Å².